The lowest BCUT2D eigenvalue weighted by atomic mass is 10.1. The van der Waals surface area contributed by atoms with Crippen LogP contribution in [0.2, 0.25) is 0 Å². The lowest BCUT2D eigenvalue weighted by molar-refractivity contribution is -0.384. The number of amidine groups is 1. The maximum Gasteiger partial charge on any atom is 0.270 e. The first-order valence-electron chi connectivity index (χ1n) is 9.10. The van der Waals surface area contributed by atoms with Gasteiger partial charge in [-0.2, -0.15) is 0 Å². The van der Waals surface area contributed by atoms with E-state index in [2.05, 4.69) is 10.3 Å². The SMILES string of the molecule is Cc1ccc(N=C2NC(=O)/C(=C\c3ccc(-c4cc([N+](=O)[O-])ccc4C)o3)S2)cc1. The molecule has 0 atom stereocenters. The number of non-ortho nitro benzene ring substituents is 1. The average Bonchev–Trinajstić information content (AvgIpc) is 3.31. The summed E-state index contributed by atoms with van der Waals surface area (Å²) in [6.45, 7) is 3.85. The van der Waals surface area contributed by atoms with E-state index in [0.29, 0.717) is 27.2 Å². The van der Waals surface area contributed by atoms with Gasteiger partial charge in [0.2, 0.25) is 0 Å². The van der Waals surface area contributed by atoms with Crippen LogP contribution in [0, 0.1) is 24.0 Å². The first kappa shape index (κ1) is 19.7. The van der Waals surface area contributed by atoms with Crippen LogP contribution in [-0.4, -0.2) is 16.0 Å². The fraction of sp³-hybridized carbons (Fsp3) is 0.0909. The fourth-order valence-corrected chi connectivity index (χ4v) is 3.73. The summed E-state index contributed by atoms with van der Waals surface area (Å²) < 4.78 is 5.83. The van der Waals surface area contributed by atoms with Gasteiger partial charge in [0, 0.05) is 23.8 Å². The molecule has 0 unspecified atom stereocenters. The van der Waals surface area contributed by atoms with Crippen LogP contribution in [0.3, 0.4) is 0 Å². The highest BCUT2D eigenvalue weighted by molar-refractivity contribution is 8.18. The van der Waals surface area contributed by atoms with Crippen molar-refractivity contribution in [2.24, 2.45) is 4.99 Å². The number of thioether (sulfide) groups is 1. The van der Waals surface area contributed by atoms with Crippen molar-refractivity contribution in [1.29, 1.82) is 0 Å². The van der Waals surface area contributed by atoms with Gasteiger partial charge in [-0.3, -0.25) is 14.9 Å². The molecule has 4 rings (SSSR count). The molecule has 0 aliphatic carbocycles. The second-order valence-electron chi connectivity index (χ2n) is 6.78. The van der Waals surface area contributed by atoms with Crippen LogP contribution in [0.5, 0.6) is 0 Å². The molecule has 1 fully saturated rings. The monoisotopic (exact) mass is 419 g/mol. The first-order valence-corrected chi connectivity index (χ1v) is 9.92. The molecule has 2 heterocycles. The van der Waals surface area contributed by atoms with Crippen LogP contribution in [0.15, 0.2) is 68.9 Å². The van der Waals surface area contributed by atoms with Gasteiger partial charge in [-0.1, -0.05) is 23.8 Å². The van der Waals surface area contributed by atoms with Gasteiger partial charge >= 0.3 is 0 Å². The zero-order valence-electron chi connectivity index (χ0n) is 16.2. The topological polar surface area (TPSA) is 97.7 Å². The number of hydrogen-bond donors (Lipinski definition) is 1. The molecular formula is C22H17N3O4S. The number of hydrogen-bond acceptors (Lipinski definition) is 6. The largest absolute Gasteiger partial charge is 0.457 e. The number of carbonyl (C=O) groups is 1. The van der Waals surface area contributed by atoms with Gasteiger partial charge in [0.15, 0.2) is 5.17 Å². The standard InChI is InChI=1S/C22H17N3O4S/c1-13-3-6-15(7-4-13)23-22-24-21(26)20(30-22)12-17-9-10-19(29-17)18-11-16(25(27)28)8-5-14(18)2/h3-12H,1-2H3,(H,23,24,26)/b20-12+. The lowest BCUT2D eigenvalue weighted by Crippen LogP contribution is -2.19. The normalized spacial score (nSPS) is 16.3. The molecule has 1 N–H and O–H groups in total. The molecule has 150 valence electrons. The molecule has 1 saturated heterocycles. The number of nitro groups is 1. The van der Waals surface area contributed by atoms with E-state index < -0.39 is 4.92 Å². The molecule has 0 saturated carbocycles. The van der Waals surface area contributed by atoms with Gasteiger partial charge in [0.25, 0.3) is 11.6 Å². The number of carbonyl (C=O) groups excluding carboxylic acids is 1. The lowest BCUT2D eigenvalue weighted by Gasteiger charge is -2.02. The molecule has 2 aromatic carbocycles. The molecular weight excluding hydrogens is 402 g/mol. The van der Waals surface area contributed by atoms with Gasteiger partial charge in [0.1, 0.15) is 11.5 Å². The van der Waals surface area contributed by atoms with Crippen LogP contribution in [-0.2, 0) is 4.79 Å². The molecule has 1 aliphatic rings. The maximum absolute atomic E-state index is 12.3. The van der Waals surface area contributed by atoms with Gasteiger partial charge in [-0.15, -0.1) is 0 Å². The Bertz CT molecular complexity index is 1210. The van der Waals surface area contributed by atoms with E-state index in [0.717, 1.165) is 16.8 Å². The number of nitrogens with zero attached hydrogens (tertiary/aromatic N) is 2. The molecule has 0 radical (unpaired) electrons. The van der Waals surface area contributed by atoms with Crippen LogP contribution < -0.4 is 5.32 Å². The van der Waals surface area contributed by atoms with Crippen LogP contribution in [0.4, 0.5) is 11.4 Å². The maximum atomic E-state index is 12.3. The molecule has 1 aromatic heterocycles. The fourth-order valence-electron chi connectivity index (χ4n) is 2.91. The molecule has 8 heteroatoms. The molecule has 7 nitrogen and oxygen atoms in total. The average molecular weight is 419 g/mol. The van der Waals surface area contributed by atoms with Crippen molar-refractivity contribution < 1.29 is 14.1 Å². The van der Waals surface area contributed by atoms with Gasteiger partial charge < -0.3 is 9.73 Å². The predicted octanol–water partition coefficient (Wildman–Crippen LogP) is 5.36. The highest BCUT2D eigenvalue weighted by Gasteiger charge is 2.24. The second-order valence-corrected chi connectivity index (χ2v) is 7.81. The zero-order valence-corrected chi connectivity index (χ0v) is 17.0. The Kier molecular flexibility index (Phi) is 5.24. The van der Waals surface area contributed by atoms with E-state index >= 15 is 0 Å². The van der Waals surface area contributed by atoms with E-state index in [1.165, 1.54) is 23.9 Å². The highest BCUT2D eigenvalue weighted by atomic mass is 32.2. The van der Waals surface area contributed by atoms with Crippen LogP contribution in [0.25, 0.3) is 17.4 Å². The Morgan fingerprint density at radius 2 is 1.87 bits per heavy atom. The third-order valence-corrected chi connectivity index (χ3v) is 5.42. The van der Waals surface area contributed by atoms with E-state index in [1.807, 2.05) is 38.1 Å². The number of rotatable bonds is 4. The number of nitro benzene ring substituents is 1. The molecule has 0 spiro atoms. The Balaban J connectivity index is 1.57. The summed E-state index contributed by atoms with van der Waals surface area (Å²) in [7, 11) is 0. The van der Waals surface area contributed by atoms with Crippen molar-refractivity contribution in [1.82, 2.24) is 5.32 Å². The van der Waals surface area contributed by atoms with E-state index in [9.17, 15) is 14.9 Å². The molecule has 30 heavy (non-hydrogen) atoms. The zero-order chi connectivity index (χ0) is 21.3. The second kappa shape index (κ2) is 8.00. The van der Waals surface area contributed by atoms with Gasteiger partial charge in [-0.05, 0) is 55.4 Å². The smallest absolute Gasteiger partial charge is 0.270 e. The number of aliphatic imine (C=N–C) groups is 1. The minimum absolute atomic E-state index is 0.00501. The minimum atomic E-state index is -0.441. The molecule has 0 bridgehead atoms. The number of benzene rings is 2. The summed E-state index contributed by atoms with van der Waals surface area (Å²) in [6, 6.07) is 15.8. The van der Waals surface area contributed by atoms with Gasteiger partial charge in [0.05, 0.1) is 15.5 Å². The van der Waals surface area contributed by atoms with Crippen molar-refractivity contribution >= 4 is 40.3 Å². The van der Waals surface area contributed by atoms with Crippen molar-refractivity contribution in [2.75, 3.05) is 0 Å². The van der Waals surface area contributed by atoms with E-state index in [4.69, 9.17) is 4.42 Å². The van der Waals surface area contributed by atoms with E-state index in [-0.39, 0.29) is 11.6 Å². The quantitative estimate of drug-likeness (QED) is 0.349. The summed E-state index contributed by atoms with van der Waals surface area (Å²) in [4.78, 5) is 27.8. The highest BCUT2D eigenvalue weighted by Crippen LogP contribution is 2.32. The summed E-state index contributed by atoms with van der Waals surface area (Å²) in [5.74, 6) is 0.723. The minimum Gasteiger partial charge on any atom is -0.457 e. The summed E-state index contributed by atoms with van der Waals surface area (Å²) in [5, 5.41) is 14.3. The Hall–Kier alpha value is -3.65. The number of nitrogens with one attached hydrogen (secondary N) is 1. The van der Waals surface area contributed by atoms with Crippen molar-refractivity contribution in [3.63, 3.8) is 0 Å². The third kappa shape index (κ3) is 4.18. The van der Waals surface area contributed by atoms with Crippen LogP contribution >= 0.6 is 11.8 Å². The number of aryl methyl sites for hydroxylation is 2. The van der Waals surface area contributed by atoms with Crippen molar-refractivity contribution in [3.8, 4) is 11.3 Å². The number of furan rings is 1. The van der Waals surface area contributed by atoms with E-state index in [1.54, 1.807) is 24.3 Å². The Morgan fingerprint density at radius 3 is 2.60 bits per heavy atom. The summed E-state index contributed by atoms with van der Waals surface area (Å²) in [5.41, 5.74) is 3.38. The van der Waals surface area contributed by atoms with Gasteiger partial charge in [-0.25, -0.2) is 4.99 Å². The van der Waals surface area contributed by atoms with Crippen molar-refractivity contribution in [3.05, 3.63) is 86.5 Å². The van der Waals surface area contributed by atoms with Crippen LogP contribution in [0.1, 0.15) is 16.9 Å². The Labute approximate surface area is 176 Å². The third-order valence-electron chi connectivity index (χ3n) is 4.51. The molecule has 3 aromatic rings. The molecule has 1 aliphatic heterocycles. The molecule has 1 amide bonds. The summed E-state index contributed by atoms with van der Waals surface area (Å²) >= 11 is 1.23. The summed E-state index contributed by atoms with van der Waals surface area (Å²) in [6.07, 6.45) is 1.63. The Morgan fingerprint density at radius 1 is 1.10 bits per heavy atom. The van der Waals surface area contributed by atoms with Crippen molar-refractivity contribution in [2.45, 2.75) is 13.8 Å². The predicted molar refractivity (Wildman–Crippen MR) is 118 cm³/mol. The first-order chi connectivity index (χ1) is 14.4. The number of amides is 1.